The molecule has 17 heavy (non-hydrogen) atoms. The summed E-state index contributed by atoms with van der Waals surface area (Å²) in [6, 6.07) is 8.20. The van der Waals surface area contributed by atoms with Gasteiger partial charge in [0.2, 0.25) is 0 Å². The van der Waals surface area contributed by atoms with Crippen molar-refractivity contribution in [3.8, 4) is 5.75 Å². The van der Waals surface area contributed by atoms with Gasteiger partial charge in [0.05, 0.1) is 6.61 Å². The fourth-order valence-electron chi connectivity index (χ4n) is 2.32. The van der Waals surface area contributed by atoms with Gasteiger partial charge in [0.1, 0.15) is 5.75 Å². The van der Waals surface area contributed by atoms with Crippen LogP contribution in [0, 0.1) is 5.92 Å². The Morgan fingerprint density at radius 2 is 2.24 bits per heavy atom. The lowest BCUT2D eigenvalue weighted by Crippen LogP contribution is -2.14. The van der Waals surface area contributed by atoms with Crippen molar-refractivity contribution < 1.29 is 9.84 Å². The highest BCUT2D eigenvalue weighted by Gasteiger charge is 2.27. The van der Waals surface area contributed by atoms with Crippen LogP contribution in [0.3, 0.4) is 0 Å². The Bertz CT molecular complexity index is 346. The molecule has 0 aliphatic carbocycles. The summed E-state index contributed by atoms with van der Waals surface area (Å²) in [5.74, 6) is 1.66. The van der Waals surface area contributed by atoms with E-state index in [1.165, 1.54) is 5.56 Å². The standard InChI is InChI=1S/C13H19NO2.ClH/c1-2-16-12-5-3-4-10(6-12)13-8-14-7-11(13)9-15;/h3-6,11,13-15H,2,7-9H2,1H3;1H. The Kier molecular flexibility index (Phi) is 5.75. The lowest BCUT2D eigenvalue weighted by Gasteiger charge is -2.17. The topological polar surface area (TPSA) is 41.5 Å². The fourth-order valence-corrected chi connectivity index (χ4v) is 2.32. The first-order valence-corrected chi connectivity index (χ1v) is 5.89. The molecule has 1 aromatic rings. The molecule has 0 spiro atoms. The van der Waals surface area contributed by atoms with Crippen molar-refractivity contribution >= 4 is 12.4 Å². The number of ether oxygens (including phenoxy) is 1. The van der Waals surface area contributed by atoms with Crippen molar-refractivity contribution in [2.45, 2.75) is 12.8 Å². The summed E-state index contributed by atoms with van der Waals surface area (Å²) < 4.78 is 5.49. The van der Waals surface area contributed by atoms with Gasteiger partial charge in [-0.05, 0) is 24.6 Å². The van der Waals surface area contributed by atoms with Crippen molar-refractivity contribution in [3.05, 3.63) is 29.8 Å². The SMILES string of the molecule is CCOc1cccc(C2CNCC2CO)c1.Cl. The van der Waals surface area contributed by atoms with Crippen LogP contribution >= 0.6 is 12.4 Å². The normalized spacial score (nSPS) is 23.2. The second-order valence-corrected chi connectivity index (χ2v) is 4.21. The van der Waals surface area contributed by atoms with Crippen LogP contribution in [0.2, 0.25) is 0 Å². The monoisotopic (exact) mass is 257 g/mol. The summed E-state index contributed by atoms with van der Waals surface area (Å²) >= 11 is 0. The van der Waals surface area contributed by atoms with Gasteiger partial charge in [0.15, 0.2) is 0 Å². The van der Waals surface area contributed by atoms with Crippen molar-refractivity contribution in [1.29, 1.82) is 0 Å². The molecule has 2 rings (SSSR count). The molecule has 3 nitrogen and oxygen atoms in total. The van der Waals surface area contributed by atoms with E-state index in [1.54, 1.807) is 0 Å². The first kappa shape index (κ1) is 14.3. The Labute approximate surface area is 109 Å². The van der Waals surface area contributed by atoms with Crippen LogP contribution in [0.4, 0.5) is 0 Å². The van der Waals surface area contributed by atoms with Crippen LogP contribution in [0.15, 0.2) is 24.3 Å². The van der Waals surface area contributed by atoms with Gasteiger partial charge < -0.3 is 15.2 Å². The molecule has 0 bridgehead atoms. The summed E-state index contributed by atoms with van der Waals surface area (Å²) in [6.07, 6.45) is 0. The zero-order valence-corrected chi connectivity index (χ0v) is 10.9. The number of halogens is 1. The predicted octanol–water partition coefficient (Wildman–Crippen LogP) is 1.80. The van der Waals surface area contributed by atoms with E-state index in [9.17, 15) is 5.11 Å². The van der Waals surface area contributed by atoms with E-state index in [-0.39, 0.29) is 19.0 Å². The minimum absolute atomic E-state index is 0. The van der Waals surface area contributed by atoms with E-state index in [4.69, 9.17) is 4.74 Å². The maximum absolute atomic E-state index is 9.30. The average Bonchev–Trinajstić information content (AvgIpc) is 2.78. The minimum atomic E-state index is 0. The summed E-state index contributed by atoms with van der Waals surface area (Å²) in [5.41, 5.74) is 1.26. The summed E-state index contributed by atoms with van der Waals surface area (Å²) in [6.45, 7) is 4.77. The number of aliphatic hydroxyl groups is 1. The quantitative estimate of drug-likeness (QED) is 0.864. The molecule has 0 saturated carbocycles. The molecule has 1 aromatic carbocycles. The molecule has 0 aromatic heterocycles. The second kappa shape index (κ2) is 6.84. The van der Waals surface area contributed by atoms with Gasteiger partial charge in [-0.25, -0.2) is 0 Å². The number of rotatable bonds is 4. The van der Waals surface area contributed by atoms with Gasteiger partial charge in [0, 0.05) is 31.5 Å². The second-order valence-electron chi connectivity index (χ2n) is 4.21. The molecular weight excluding hydrogens is 238 g/mol. The number of hydrogen-bond acceptors (Lipinski definition) is 3. The number of nitrogens with one attached hydrogen (secondary N) is 1. The van der Waals surface area contributed by atoms with Crippen LogP contribution in [0.25, 0.3) is 0 Å². The van der Waals surface area contributed by atoms with E-state index >= 15 is 0 Å². The third-order valence-corrected chi connectivity index (χ3v) is 3.17. The summed E-state index contributed by atoms with van der Waals surface area (Å²) in [5, 5.41) is 12.6. The van der Waals surface area contributed by atoms with Gasteiger partial charge in [-0.2, -0.15) is 0 Å². The molecular formula is C13H20ClNO2. The molecule has 4 heteroatoms. The zero-order valence-electron chi connectivity index (χ0n) is 10.1. The summed E-state index contributed by atoms with van der Waals surface area (Å²) in [4.78, 5) is 0. The molecule has 0 radical (unpaired) electrons. The lowest BCUT2D eigenvalue weighted by molar-refractivity contribution is 0.226. The molecule has 2 N–H and O–H groups in total. The van der Waals surface area contributed by atoms with Gasteiger partial charge >= 0.3 is 0 Å². The molecule has 2 atom stereocenters. The molecule has 1 saturated heterocycles. The molecule has 96 valence electrons. The summed E-state index contributed by atoms with van der Waals surface area (Å²) in [7, 11) is 0. The van der Waals surface area contributed by atoms with Gasteiger partial charge in [-0.15, -0.1) is 12.4 Å². The average molecular weight is 258 g/mol. The van der Waals surface area contributed by atoms with E-state index in [2.05, 4.69) is 17.4 Å². The molecule has 1 aliphatic rings. The van der Waals surface area contributed by atoms with E-state index in [0.29, 0.717) is 18.4 Å². The third kappa shape index (κ3) is 3.35. The van der Waals surface area contributed by atoms with Crippen LogP contribution in [-0.2, 0) is 0 Å². The van der Waals surface area contributed by atoms with Crippen LogP contribution in [0.1, 0.15) is 18.4 Å². The fraction of sp³-hybridized carbons (Fsp3) is 0.538. The van der Waals surface area contributed by atoms with E-state index in [1.807, 2.05) is 19.1 Å². The highest BCUT2D eigenvalue weighted by molar-refractivity contribution is 5.85. The van der Waals surface area contributed by atoms with E-state index in [0.717, 1.165) is 18.8 Å². The Balaban J connectivity index is 0.00000144. The first-order chi connectivity index (χ1) is 7.85. The lowest BCUT2D eigenvalue weighted by atomic mass is 9.89. The highest BCUT2D eigenvalue weighted by atomic mass is 35.5. The van der Waals surface area contributed by atoms with Crippen LogP contribution in [-0.4, -0.2) is 31.4 Å². The molecule has 2 unspecified atom stereocenters. The number of aliphatic hydroxyl groups excluding tert-OH is 1. The molecule has 0 amide bonds. The molecule has 1 aliphatic heterocycles. The zero-order chi connectivity index (χ0) is 11.4. The van der Waals surface area contributed by atoms with Crippen LogP contribution in [0.5, 0.6) is 5.75 Å². The molecule has 1 fully saturated rings. The maximum atomic E-state index is 9.30. The Hall–Kier alpha value is -0.770. The maximum Gasteiger partial charge on any atom is 0.119 e. The number of hydrogen-bond donors (Lipinski definition) is 2. The highest BCUT2D eigenvalue weighted by Crippen LogP contribution is 2.29. The van der Waals surface area contributed by atoms with Crippen molar-refractivity contribution in [2.75, 3.05) is 26.3 Å². The third-order valence-electron chi connectivity index (χ3n) is 3.17. The van der Waals surface area contributed by atoms with E-state index < -0.39 is 0 Å². The predicted molar refractivity (Wildman–Crippen MR) is 71.0 cm³/mol. The van der Waals surface area contributed by atoms with Crippen molar-refractivity contribution in [1.82, 2.24) is 5.32 Å². The first-order valence-electron chi connectivity index (χ1n) is 5.89. The number of benzene rings is 1. The largest absolute Gasteiger partial charge is 0.494 e. The minimum Gasteiger partial charge on any atom is -0.494 e. The Morgan fingerprint density at radius 3 is 2.94 bits per heavy atom. The smallest absolute Gasteiger partial charge is 0.119 e. The van der Waals surface area contributed by atoms with Crippen molar-refractivity contribution in [2.24, 2.45) is 5.92 Å². The van der Waals surface area contributed by atoms with Crippen LogP contribution < -0.4 is 10.1 Å². The van der Waals surface area contributed by atoms with Gasteiger partial charge in [-0.1, -0.05) is 12.1 Å². The van der Waals surface area contributed by atoms with Gasteiger partial charge in [-0.3, -0.25) is 0 Å². The molecule has 1 heterocycles. The Morgan fingerprint density at radius 1 is 1.41 bits per heavy atom. The van der Waals surface area contributed by atoms with Gasteiger partial charge in [0.25, 0.3) is 0 Å². The van der Waals surface area contributed by atoms with Crippen molar-refractivity contribution in [3.63, 3.8) is 0 Å².